The van der Waals surface area contributed by atoms with Gasteiger partial charge in [-0.3, -0.25) is 15.1 Å². The molecular weight excluding hydrogens is 705 g/mol. The van der Waals surface area contributed by atoms with Crippen molar-refractivity contribution in [2.45, 2.75) is 65.1 Å². The summed E-state index contributed by atoms with van der Waals surface area (Å²) in [5.41, 5.74) is 3.37. The molecule has 0 aliphatic rings. The van der Waals surface area contributed by atoms with E-state index in [1.54, 1.807) is 0 Å². The fourth-order valence-electron chi connectivity index (χ4n) is 6.55. The summed E-state index contributed by atoms with van der Waals surface area (Å²) in [6.45, 7) is 8.29. The van der Waals surface area contributed by atoms with Gasteiger partial charge in [0.05, 0.1) is 17.1 Å². The van der Waals surface area contributed by atoms with Crippen LogP contribution in [0.2, 0.25) is 0 Å². The number of nitrogens with zero attached hydrogens (tertiary/aromatic N) is 2. The Labute approximate surface area is 327 Å². The van der Waals surface area contributed by atoms with Crippen LogP contribution in [0.25, 0.3) is 0 Å². The number of hydrogen-bond donors (Lipinski definition) is 2. The number of aryl methyl sites for hydroxylation is 2. The zero-order chi connectivity index (χ0) is 39.7. The first-order valence-electron chi connectivity index (χ1n) is 18.5. The maximum absolute atomic E-state index is 13.9. The van der Waals surface area contributed by atoms with Gasteiger partial charge < -0.3 is 24.4 Å². The third kappa shape index (κ3) is 9.61. The van der Waals surface area contributed by atoms with Gasteiger partial charge in [-0.25, -0.2) is 0 Å². The van der Waals surface area contributed by atoms with E-state index < -0.39 is 16.6 Å². The lowest BCUT2D eigenvalue weighted by Gasteiger charge is -2.37. The summed E-state index contributed by atoms with van der Waals surface area (Å²) in [7, 11) is 0. The molecule has 0 aliphatic carbocycles. The van der Waals surface area contributed by atoms with Gasteiger partial charge in [0, 0.05) is 35.0 Å². The second-order valence-electron chi connectivity index (χ2n) is 14.1. The zero-order valence-corrected chi connectivity index (χ0v) is 32.0. The lowest BCUT2D eigenvalue weighted by molar-refractivity contribution is -0.384. The molecule has 6 rings (SSSR count). The number of benzene rings is 6. The number of aromatic hydroxyl groups is 1. The number of rotatable bonds is 16. The first kappa shape index (κ1) is 39.2. The minimum Gasteiger partial charge on any atom is -0.507 e. The van der Waals surface area contributed by atoms with E-state index >= 15 is 0 Å². The molecule has 0 aliphatic heterocycles. The highest BCUT2D eigenvalue weighted by atomic mass is 16.6. The minimum absolute atomic E-state index is 0.0165. The van der Waals surface area contributed by atoms with Crippen LogP contribution < -0.4 is 14.2 Å². The van der Waals surface area contributed by atoms with E-state index in [9.17, 15) is 20.3 Å². The van der Waals surface area contributed by atoms with Gasteiger partial charge in [0.15, 0.2) is 0 Å². The molecule has 0 spiro atoms. The van der Waals surface area contributed by atoms with Crippen LogP contribution in [0, 0.1) is 24.0 Å². The van der Waals surface area contributed by atoms with Crippen molar-refractivity contribution >= 4 is 11.9 Å². The molecule has 9 heteroatoms. The molecular formula is C47H46N2O7. The van der Waals surface area contributed by atoms with E-state index in [0.29, 0.717) is 28.4 Å². The second-order valence-corrected chi connectivity index (χ2v) is 14.1. The third-order valence-corrected chi connectivity index (χ3v) is 9.39. The topological polar surface area (TPSA) is 124 Å². The van der Waals surface area contributed by atoms with Crippen LogP contribution in [-0.2, 0) is 25.2 Å². The van der Waals surface area contributed by atoms with Crippen LogP contribution in [0.15, 0.2) is 145 Å². The molecule has 0 heterocycles. The molecule has 0 fully saturated rings. The molecule has 0 bridgehead atoms. The van der Waals surface area contributed by atoms with Gasteiger partial charge in [0.1, 0.15) is 41.8 Å². The molecule has 0 aromatic heterocycles. The monoisotopic (exact) mass is 750 g/mol. The number of phenolic OH excluding ortho intramolecular Hbond substituents is 1. The average molecular weight is 751 g/mol. The van der Waals surface area contributed by atoms with E-state index in [2.05, 4.69) is 0 Å². The number of non-ortho nitro benzene ring substituents is 1. The lowest BCUT2D eigenvalue weighted by atomic mass is 9.76. The Bertz CT molecular complexity index is 2180. The molecule has 0 saturated heterocycles. The van der Waals surface area contributed by atoms with Crippen molar-refractivity contribution in [2.75, 3.05) is 0 Å². The zero-order valence-electron chi connectivity index (χ0n) is 32.0. The molecule has 56 heavy (non-hydrogen) atoms. The van der Waals surface area contributed by atoms with Crippen molar-refractivity contribution < 1.29 is 29.3 Å². The molecule has 9 nitrogen and oxygen atoms in total. The van der Waals surface area contributed by atoms with Crippen LogP contribution >= 0.6 is 0 Å². The quantitative estimate of drug-likeness (QED) is 0.0574. The Kier molecular flexibility index (Phi) is 12.5. The van der Waals surface area contributed by atoms with Crippen LogP contribution in [-0.4, -0.2) is 33.5 Å². The summed E-state index contributed by atoms with van der Waals surface area (Å²) in [5.74, 6) is 1.39. The summed E-state index contributed by atoms with van der Waals surface area (Å²) in [4.78, 5) is 16.2. The highest BCUT2D eigenvalue weighted by molar-refractivity contribution is 5.84. The summed E-state index contributed by atoms with van der Waals surface area (Å²) < 4.78 is 19.0. The van der Waals surface area contributed by atoms with Crippen molar-refractivity contribution in [1.29, 1.82) is 0 Å². The van der Waals surface area contributed by atoms with Crippen molar-refractivity contribution in [2.24, 2.45) is 4.99 Å². The van der Waals surface area contributed by atoms with Crippen molar-refractivity contribution in [3.63, 3.8) is 0 Å². The summed E-state index contributed by atoms with van der Waals surface area (Å²) in [6.07, 6.45) is 1.56. The molecule has 286 valence electrons. The van der Waals surface area contributed by atoms with Gasteiger partial charge in [-0.2, -0.15) is 0 Å². The molecule has 2 N–H and O–H groups in total. The average Bonchev–Trinajstić information content (AvgIpc) is 3.20. The number of ether oxygens (including phenoxy) is 3. The van der Waals surface area contributed by atoms with Gasteiger partial charge in [0.2, 0.25) is 0 Å². The molecule has 0 unspecified atom stereocenters. The lowest BCUT2D eigenvalue weighted by Crippen LogP contribution is -2.42. The highest BCUT2D eigenvalue weighted by Crippen LogP contribution is 2.46. The number of hydrogen-bond acceptors (Lipinski definition) is 8. The Balaban J connectivity index is 1.57. The fourth-order valence-corrected chi connectivity index (χ4v) is 6.55. The van der Waals surface area contributed by atoms with E-state index in [-0.39, 0.29) is 42.7 Å². The normalized spacial score (nSPS) is 12.1. The number of aliphatic imine (C=N–C) groups is 1. The fraction of sp³-hybridized carbons (Fsp3) is 0.213. The Morgan fingerprint density at radius 2 is 1.25 bits per heavy atom. The largest absolute Gasteiger partial charge is 0.507 e. The van der Waals surface area contributed by atoms with E-state index in [0.717, 1.165) is 27.8 Å². The number of nitro benzene ring substituents is 1. The molecule has 0 amide bonds. The predicted molar refractivity (Wildman–Crippen MR) is 219 cm³/mol. The standard InChI is InChI=1S/C47H46N2O7/c1-32(2)56-40-20-17-35(18-21-40)27-46(48-29-38-28-39(49(52)53)19-22-43(38)50)47(51,41-25-33(3)15-23-44(41)54-30-36-11-7-5-8-12-36)42-26-34(4)16-24-45(42)55-31-37-13-9-6-10-14-37/h5-26,28-29,32,46,50-51H,27,30-31H2,1-4H3/t46-/m1/s1. The summed E-state index contributed by atoms with van der Waals surface area (Å²) in [6, 6.07) is 41.3. The van der Waals surface area contributed by atoms with Gasteiger partial charge in [-0.1, -0.05) is 96.1 Å². The minimum atomic E-state index is -1.93. The van der Waals surface area contributed by atoms with Gasteiger partial charge in [0.25, 0.3) is 5.69 Å². The Morgan fingerprint density at radius 1 is 0.714 bits per heavy atom. The molecule has 6 aromatic carbocycles. The third-order valence-electron chi connectivity index (χ3n) is 9.39. The highest BCUT2D eigenvalue weighted by Gasteiger charge is 2.45. The second kappa shape index (κ2) is 17.8. The smallest absolute Gasteiger partial charge is 0.270 e. The van der Waals surface area contributed by atoms with Crippen molar-refractivity contribution in [1.82, 2.24) is 0 Å². The summed E-state index contributed by atoms with van der Waals surface area (Å²) >= 11 is 0. The molecule has 1 atom stereocenters. The van der Waals surface area contributed by atoms with Crippen LogP contribution in [0.1, 0.15) is 58.4 Å². The molecule has 0 radical (unpaired) electrons. The maximum atomic E-state index is 13.9. The number of aliphatic hydroxyl groups is 1. The maximum Gasteiger partial charge on any atom is 0.270 e. The molecule has 6 aromatic rings. The van der Waals surface area contributed by atoms with Crippen molar-refractivity contribution in [3.8, 4) is 23.0 Å². The van der Waals surface area contributed by atoms with Crippen molar-refractivity contribution in [3.05, 3.63) is 194 Å². The Morgan fingerprint density at radius 3 is 1.75 bits per heavy atom. The van der Waals surface area contributed by atoms with E-state index in [4.69, 9.17) is 19.2 Å². The first-order chi connectivity index (χ1) is 27.0. The first-order valence-corrected chi connectivity index (χ1v) is 18.5. The van der Waals surface area contributed by atoms with Crippen LogP contribution in [0.5, 0.6) is 23.0 Å². The van der Waals surface area contributed by atoms with Gasteiger partial charge in [-0.15, -0.1) is 0 Å². The SMILES string of the molecule is Cc1ccc(OCc2ccccc2)c(C(O)(c2cc(C)ccc2OCc2ccccc2)[C@@H](Cc2ccc(OC(C)C)cc2)N=Cc2cc([N+](=O)[O-])ccc2O)c1. The Hall–Kier alpha value is -6.45. The number of phenols is 1. The van der Waals surface area contributed by atoms with E-state index in [1.807, 2.05) is 149 Å². The summed E-state index contributed by atoms with van der Waals surface area (Å²) in [5, 5.41) is 36.5. The van der Waals surface area contributed by atoms with Crippen LogP contribution in [0.4, 0.5) is 5.69 Å². The molecule has 0 saturated carbocycles. The van der Waals surface area contributed by atoms with Crippen LogP contribution in [0.3, 0.4) is 0 Å². The van der Waals surface area contributed by atoms with Gasteiger partial charge >= 0.3 is 0 Å². The van der Waals surface area contributed by atoms with Gasteiger partial charge in [-0.05, 0) is 93.3 Å². The predicted octanol–water partition coefficient (Wildman–Crippen LogP) is 9.83. The number of nitro groups is 1. The van der Waals surface area contributed by atoms with E-state index in [1.165, 1.54) is 24.4 Å².